The lowest BCUT2D eigenvalue weighted by atomic mass is 10.1. The van der Waals surface area contributed by atoms with Crippen LogP contribution >= 0.6 is 0 Å². The molecular formula is C13H17N5O4. The summed E-state index contributed by atoms with van der Waals surface area (Å²) in [4.78, 5) is 12.2. The molecule has 0 saturated carbocycles. The third-order valence-corrected chi connectivity index (χ3v) is 3.56. The number of aliphatic hydroxyl groups excluding tert-OH is 2. The molecule has 2 aromatic heterocycles. The van der Waals surface area contributed by atoms with E-state index in [1.165, 1.54) is 12.7 Å². The van der Waals surface area contributed by atoms with Gasteiger partial charge in [0.1, 0.15) is 30.2 Å². The van der Waals surface area contributed by atoms with E-state index in [0.29, 0.717) is 11.2 Å². The molecule has 1 fully saturated rings. The fourth-order valence-electron chi connectivity index (χ4n) is 2.51. The van der Waals surface area contributed by atoms with Gasteiger partial charge in [-0.15, -0.1) is 6.58 Å². The second kappa shape index (κ2) is 5.97. The van der Waals surface area contributed by atoms with Crippen molar-refractivity contribution in [3.8, 4) is 0 Å². The molecule has 0 amide bonds. The van der Waals surface area contributed by atoms with E-state index < -0.39 is 24.5 Å². The van der Waals surface area contributed by atoms with Crippen molar-refractivity contribution in [2.45, 2.75) is 24.5 Å². The number of aromatic nitrogens is 4. The van der Waals surface area contributed by atoms with E-state index in [2.05, 4.69) is 21.5 Å². The van der Waals surface area contributed by atoms with E-state index in [9.17, 15) is 10.2 Å². The van der Waals surface area contributed by atoms with E-state index in [-0.39, 0.29) is 19.0 Å². The Balaban J connectivity index is 1.99. The lowest BCUT2D eigenvalue weighted by Crippen LogP contribution is -2.35. The molecule has 0 radical (unpaired) electrons. The zero-order valence-electron chi connectivity index (χ0n) is 11.7. The SMILES string of the molecule is C=CCOC1[C@@H](O)[C@@H](CO)O[C@H]1n1cnc2c(N)ncnc21. The van der Waals surface area contributed by atoms with Gasteiger partial charge in [0.25, 0.3) is 0 Å². The first-order valence-corrected chi connectivity index (χ1v) is 6.77. The normalized spacial score (nSPS) is 28.3. The molecular weight excluding hydrogens is 290 g/mol. The maximum atomic E-state index is 10.2. The molecule has 3 rings (SSSR count). The minimum atomic E-state index is -0.980. The Bertz CT molecular complexity index is 675. The summed E-state index contributed by atoms with van der Waals surface area (Å²) in [6.45, 7) is 3.50. The molecule has 0 spiro atoms. The number of anilines is 1. The lowest BCUT2D eigenvalue weighted by Gasteiger charge is -2.21. The minimum Gasteiger partial charge on any atom is -0.394 e. The third kappa shape index (κ3) is 2.33. The molecule has 1 saturated heterocycles. The number of nitrogen functional groups attached to an aromatic ring is 1. The van der Waals surface area contributed by atoms with Crippen molar-refractivity contribution in [1.82, 2.24) is 19.5 Å². The van der Waals surface area contributed by atoms with Gasteiger partial charge in [-0.2, -0.15) is 0 Å². The van der Waals surface area contributed by atoms with Crippen LogP contribution in [-0.4, -0.2) is 61.3 Å². The van der Waals surface area contributed by atoms with Crippen LogP contribution < -0.4 is 5.73 Å². The molecule has 9 heteroatoms. The summed E-state index contributed by atoms with van der Waals surface area (Å²) < 4.78 is 12.9. The van der Waals surface area contributed by atoms with Gasteiger partial charge in [-0.1, -0.05) is 6.08 Å². The smallest absolute Gasteiger partial charge is 0.167 e. The number of fused-ring (bicyclic) bond motifs is 1. The summed E-state index contributed by atoms with van der Waals surface area (Å²) >= 11 is 0. The standard InChI is InChI=1S/C13H17N5O4/c1-2-3-21-10-9(20)7(4-19)22-13(10)18-6-17-8-11(14)15-5-16-12(8)18/h2,5-7,9-10,13,19-20H,1,3-4H2,(H2,14,15,16)/t7-,9+,10?,13-/m1/s1. The number of nitrogens with two attached hydrogens (primary N) is 1. The molecule has 3 heterocycles. The Hall–Kier alpha value is -2.07. The highest BCUT2D eigenvalue weighted by Gasteiger charge is 2.45. The van der Waals surface area contributed by atoms with Gasteiger partial charge in [0, 0.05) is 0 Å². The number of imidazole rings is 1. The van der Waals surface area contributed by atoms with E-state index in [0.717, 1.165) is 0 Å². The fourth-order valence-corrected chi connectivity index (χ4v) is 2.51. The van der Waals surface area contributed by atoms with E-state index in [1.54, 1.807) is 10.6 Å². The molecule has 118 valence electrons. The largest absolute Gasteiger partial charge is 0.394 e. The van der Waals surface area contributed by atoms with Gasteiger partial charge in [0.15, 0.2) is 17.7 Å². The second-order valence-electron chi connectivity index (χ2n) is 4.91. The quantitative estimate of drug-likeness (QED) is 0.614. The molecule has 1 unspecified atom stereocenters. The monoisotopic (exact) mass is 307 g/mol. The Labute approximate surface area is 126 Å². The average Bonchev–Trinajstić information content (AvgIpc) is 3.07. The predicted molar refractivity (Wildman–Crippen MR) is 76.7 cm³/mol. The molecule has 9 nitrogen and oxygen atoms in total. The van der Waals surface area contributed by atoms with Gasteiger partial charge in [-0.25, -0.2) is 15.0 Å². The summed E-state index contributed by atoms with van der Waals surface area (Å²) in [6, 6.07) is 0. The highest BCUT2D eigenvalue weighted by atomic mass is 16.6. The molecule has 4 N–H and O–H groups in total. The zero-order valence-corrected chi connectivity index (χ0v) is 11.7. The highest BCUT2D eigenvalue weighted by molar-refractivity contribution is 5.81. The van der Waals surface area contributed by atoms with Gasteiger partial charge in [0.2, 0.25) is 0 Å². The van der Waals surface area contributed by atoms with Gasteiger partial charge in [0.05, 0.1) is 19.5 Å². The van der Waals surface area contributed by atoms with Crippen LogP contribution in [0.1, 0.15) is 6.23 Å². The van der Waals surface area contributed by atoms with Crippen molar-refractivity contribution in [1.29, 1.82) is 0 Å². The average molecular weight is 307 g/mol. The molecule has 0 bridgehead atoms. The summed E-state index contributed by atoms with van der Waals surface area (Å²) in [5.41, 5.74) is 6.67. The number of hydrogen-bond acceptors (Lipinski definition) is 8. The molecule has 1 aliphatic heterocycles. The Kier molecular flexibility index (Phi) is 4.03. The summed E-state index contributed by atoms with van der Waals surface area (Å²) in [6.07, 6.45) is 1.28. The van der Waals surface area contributed by atoms with E-state index >= 15 is 0 Å². The number of hydrogen-bond donors (Lipinski definition) is 3. The van der Waals surface area contributed by atoms with Gasteiger partial charge >= 0.3 is 0 Å². The number of rotatable bonds is 5. The fraction of sp³-hybridized carbons (Fsp3) is 0.462. The lowest BCUT2D eigenvalue weighted by molar-refractivity contribution is -0.0645. The molecule has 1 aliphatic rings. The van der Waals surface area contributed by atoms with Crippen molar-refractivity contribution in [2.24, 2.45) is 0 Å². The van der Waals surface area contributed by atoms with Crippen molar-refractivity contribution in [2.75, 3.05) is 18.9 Å². The van der Waals surface area contributed by atoms with Gasteiger partial charge < -0.3 is 25.4 Å². The Morgan fingerprint density at radius 1 is 1.45 bits per heavy atom. The first-order chi connectivity index (χ1) is 10.7. The van der Waals surface area contributed by atoms with Crippen LogP contribution in [0.4, 0.5) is 5.82 Å². The first-order valence-electron chi connectivity index (χ1n) is 6.77. The van der Waals surface area contributed by atoms with Gasteiger partial charge in [-0.3, -0.25) is 4.57 Å². The van der Waals surface area contributed by atoms with Crippen LogP contribution in [-0.2, 0) is 9.47 Å². The van der Waals surface area contributed by atoms with Crippen LogP contribution in [0.2, 0.25) is 0 Å². The van der Waals surface area contributed by atoms with Crippen molar-refractivity contribution in [3.05, 3.63) is 25.3 Å². The maximum absolute atomic E-state index is 10.2. The Morgan fingerprint density at radius 2 is 2.27 bits per heavy atom. The predicted octanol–water partition coefficient (Wildman–Crippen LogP) is -0.770. The summed E-state index contributed by atoms with van der Waals surface area (Å²) in [5, 5.41) is 19.6. The second-order valence-corrected chi connectivity index (χ2v) is 4.91. The van der Waals surface area contributed by atoms with Crippen LogP contribution in [0.5, 0.6) is 0 Å². The topological polar surface area (TPSA) is 129 Å². The van der Waals surface area contributed by atoms with E-state index in [1.807, 2.05) is 0 Å². The van der Waals surface area contributed by atoms with Crippen LogP contribution in [0.15, 0.2) is 25.3 Å². The summed E-state index contributed by atoms with van der Waals surface area (Å²) in [7, 11) is 0. The zero-order chi connectivity index (χ0) is 15.7. The van der Waals surface area contributed by atoms with E-state index in [4.69, 9.17) is 15.2 Å². The third-order valence-electron chi connectivity index (χ3n) is 3.56. The van der Waals surface area contributed by atoms with Crippen LogP contribution in [0.3, 0.4) is 0 Å². The molecule has 0 aromatic carbocycles. The highest BCUT2D eigenvalue weighted by Crippen LogP contribution is 2.33. The van der Waals surface area contributed by atoms with Crippen molar-refractivity contribution in [3.63, 3.8) is 0 Å². The number of ether oxygens (including phenoxy) is 2. The Morgan fingerprint density at radius 3 is 3.00 bits per heavy atom. The summed E-state index contributed by atoms with van der Waals surface area (Å²) in [5.74, 6) is 0.254. The van der Waals surface area contributed by atoms with Crippen molar-refractivity contribution >= 4 is 17.0 Å². The number of aliphatic hydroxyl groups is 2. The van der Waals surface area contributed by atoms with Crippen molar-refractivity contribution < 1.29 is 19.7 Å². The molecule has 4 atom stereocenters. The maximum Gasteiger partial charge on any atom is 0.167 e. The first kappa shape index (κ1) is 14.9. The molecule has 0 aliphatic carbocycles. The minimum absolute atomic E-state index is 0.240. The van der Waals surface area contributed by atoms with Gasteiger partial charge in [-0.05, 0) is 0 Å². The van der Waals surface area contributed by atoms with Crippen LogP contribution in [0, 0.1) is 0 Å². The van der Waals surface area contributed by atoms with Crippen LogP contribution in [0.25, 0.3) is 11.2 Å². The number of nitrogens with zero attached hydrogens (tertiary/aromatic N) is 4. The molecule has 2 aromatic rings. The molecule has 22 heavy (non-hydrogen) atoms.